The first-order valence-corrected chi connectivity index (χ1v) is 8.89. The van der Waals surface area contributed by atoms with Crippen molar-refractivity contribution in [2.24, 2.45) is 0 Å². The van der Waals surface area contributed by atoms with Gasteiger partial charge in [0.1, 0.15) is 0 Å². The number of nitrogens with zero attached hydrogens (tertiary/aromatic N) is 1. The Hall–Kier alpha value is -1.55. The second kappa shape index (κ2) is 8.92. The zero-order valence-corrected chi connectivity index (χ0v) is 14.7. The van der Waals surface area contributed by atoms with Gasteiger partial charge in [-0.05, 0) is 51.7 Å². The third kappa shape index (κ3) is 4.96. The van der Waals surface area contributed by atoms with Crippen LogP contribution >= 0.6 is 0 Å². The molecular formula is C19H30N2O2. The highest BCUT2D eigenvalue weighted by Gasteiger charge is 2.21. The molecule has 0 aliphatic carbocycles. The molecule has 4 nitrogen and oxygen atoms in total. The van der Waals surface area contributed by atoms with E-state index in [1.165, 1.54) is 6.42 Å². The number of hydrogen-bond donors (Lipinski definition) is 1. The second-order valence-corrected chi connectivity index (χ2v) is 6.49. The average Bonchev–Trinajstić information content (AvgIpc) is 3.05. The number of anilines is 1. The van der Waals surface area contributed by atoms with Crippen molar-refractivity contribution < 1.29 is 9.53 Å². The number of nitrogens with one attached hydrogen (secondary N) is 1. The van der Waals surface area contributed by atoms with Gasteiger partial charge in [-0.2, -0.15) is 0 Å². The summed E-state index contributed by atoms with van der Waals surface area (Å²) in [6, 6.07) is 8.03. The van der Waals surface area contributed by atoms with Crippen LogP contribution in [-0.4, -0.2) is 42.6 Å². The Morgan fingerprint density at radius 1 is 1.39 bits per heavy atom. The molecule has 0 radical (unpaired) electrons. The molecule has 1 amide bonds. The van der Waals surface area contributed by atoms with Crippen LogP contribution in [0.15, 0.2) is 24.3 Å². The number of ether oxygens (including phenoxy) is 1. The molecule has 1 N–H and O–H groups in total. The second-order valence-electron chi connectivity index (χ2n) is 6.49. The first-order valence-electron chi connectivity index (χ1n) is 8.89. The molecule has 1 fully saturated rings. The van der Waals surface area contributed by atoms with Crippen molar-refractivity contribution >= 4 is 11.6 Å². The number of carbonyl (C=O) groups is 1. The summed E-state index contributed by atoms with van der Waals surface area (Å²) in [6.07, 6.45) is 4.65. The van der Waals surface area contributed by atoms with Gasteiger partial charge in [-0.25, -0.2) is 0 Å². The minimum atomic E-state index is 0.113. The molecule has 0 saturated carbocycles. The van der Waals surface area contributed by atoms with Crippen molar-refractivity contribution in [2.75, 3.05) is 25.0 Å². The molecule has 1 unspecified atom stereocenters. The standard InChI is InChI=1S/C19H30N2O2/c1-4-13-21(15(2)3)19(22)17-9-5-6-10-18(17)20-12-11-16-8-7-14-23-16/h5-6,9-10,15-16,20H,4,7-8,11-14H2,1-3H3. The lowest BCUT2D eigenvalue weighted by Crippen LogP contribution is -2.37. The van der Waals surface area contributed by atoms with E-state index in [9.17, 15) is 4.79 Å². The zero-order valence-electron chi connectivity index (χ0n) is 14.7. The summed E-state index contributed by atoms with van der Waals surface area (Å²) in [5.74, 6) is 0.113. The van der Waals surface area contributed by atoms with Crippen LogP contribution in [0.25, 0.3) is 0 Å². The van der Waals surface area contributed by atoms with Gasteiger partial charge in [-0.1, -0.05) is 19.1 Å². The third-order valence-corrected chi connectivity index (χ3v) is 4.31. The van der Waals surface area contributed by atoms with Crippen LogP contribution in [-0.2, 0) is 4.74 Å². The van der Waals surface area contributed by atoms with Crippen LogP contribution in [0.5, 0.6) is 0 Å². The first kappa shape index (κ1) is 17.8. The number of rotatable bonds is 8. The van der Waals surface area contributed by atoms with Crippen LogP contribution in [0.3, 0.4) is 0 Å². The van der Waals surface area contributed by atoms with Crippen molar-refractivity contribution in [2.45, 2.75) is 58.6 Å². The Balaban J connectivity index is 2.01. The van der Waals surface area contributed by atoms with Gasteiger partial charge in [-0.15, -0.1) is 0 Å². The van der Waals surface area contributed by atoms with Crippen LogP contribution in [0.1, 0.15) is 56.8 Å². The van der Waals surface area contributed by atoms with E-state index in [0.717, 1.165) is 50.2 Å². The Morgan fingerprint density at radius 3 is 2.83 bits per heavy atom. The topological polar surface area (TPSA) is 41.6 Å². The molecule has 0 aromatic heterocycles. The lowest BCUT2D eigenvalue weighted by molar-refractivity contribution is 0.0707. The van der Waals surface area contributed by atoms with Gasteiger partial charge in [0.25, 0.3) is 5.91 Å². The van der Waals surface area contributed by atoms with E-state index in [-0.39, 0.29) is 11.9 Å². The Morgan fingerprint density at radius 2 is 2.17 bits per heavy atom. The molecule has 0 bridgehead atoms. The van der Waals surface area contributed by atoms with Gasteiger partial charge in [-0.3, -0.25) is 4.79 Å². The van der Waals surface area contributed by atoms with Crippen molar-refractivity contribution in [1.82, 2.24) is 4.90 Å². The van der Waals surface area contributed by atoms with Crippen molar-refractivity contribution in [3.63, 3.8) is 0 Å². The number of amides is 1. The van der Waals surface area contributed by atoms with Crippen molar-refractivity contribution in [3.05, 3.63) is 29.8 Å². The summed E-state index contributed by atoms with van der Waals surface area (Å²) in [5, 5.41) is 3.43. The fourth-order valence-electron chi connectivity index (χ4n) is 3.05. The van der Waals surface area contributed by atoms with E-state index in [4.69, 9.17) is 4.74 Å². The predicted octanol–water partition coefficient (Wildman–Crippen LogP) is 3.93. The van der Waals surface area contributed by atoms with Crippen LogP contribution in [0.2, 0.25) is 0 Å². The van der Waals surface area contributed by atoms with E-state index in [1.54, 1.807) is 0 Å². The Labute approximate surface area is 140 Å². The van der Waals surface area contributed by atoms with Gasteiger partial charge in [0, 0.05) is 31.4 Å². The maximum atomic E-state index is 12.9. The van der Waals surface area contributed by atoms with Gasteiger partial charge in [0.15, 0.2) is 0 Å². The number of para-hydroxylation sites is 1. The molecule has 2 rings (SSSR count). The number of carbonyl (C=O) groups excluding carboxylic acids is 1. The largest absolute Gasteiger partial charge is 0.384 e. The molecule has 23 heavy (non-hydrogen) atoms. The smallest absolute Gasteiger partial charge is 0.256 e. The highest BCUT2D eigenvalue weighted by atomic mass is 16.5. The van der Waals surface area contributed by atoms with Crippen LogP contribution in [0, 0.1) is 0 Å². The number of hydrogen-bond acceptors (Lipinski definition) is 3. The maximum absolute atomic E-state index is 12.9. The molecular weight excluding hydrogens is 288 g/mol. The predicted molar refractivity (Wildman–Crippen MR) is 95.0 cm³/mol. The highest BCUT2D eigenvalue weighted by Crippen LogP contribution is 2.20. The summed E-state index contributed by atoms with van der Waals surface area (Å²) in [6.45, 7) is 8.77. The minimum absolute atomic E-state index is 0.113. The highest BCUT2D eigenvalue weighted by molar-refractivity contribution is 5.99. The normalized spacial score (nSPS) is 17.5. The Kier molecular flexibility index (Phi) is 6.90. The average molecular weight is 318 g/mol. The molecule has 1 heterocycles. The quantitative estimate of drug-likeness (QED) is 0.789. The van der Waals surface area contributed by atoms with Gasteiger partial charge in [0.05, 0.1) is 11.7 Å². The monoisotopic (exact) mass is 318 g/mol. The fraction of sp³-hybridized carbons (Fsp3) is 0.632. The third-order valence-electron chi connectivity index (χ3n) is 4.31. The van der Waals surface area contributed by atoms with E-state index >= 15 is 0 Å². The molecule has 1 aliphatic rings. The van der Waals surface area contributed by atoms with Gasteiger partial charge >= 0.3 is 0 Å². The zero-order chi connectivity index (χ0) is 16.7. The molecule has 1 aromatic carbocycles. The van der Waals surface area contributed by atoms with Crippen molar-refractivity contribution in [1.29, 1.82) is 0 Å². The Bertz CT molecular complexity index is 496. The van der Waals surface area contributed by atoms with E-state index in [2.05, 4.69) is 26.1 Å². The molecule has 0 spiro atoms. The first-order chi connectivity index (χ1) is 11.1. The lowest BCUT2D eigenvalue weighted by atomic mass is 10.1. The molecule has 1 aliphatic heterocycles. The van der Waals surface area contributed by atoms with E-state index in [0.29, 0.717) is 6.10 Å². The van der Waals surface area contributed by atoms with E-state index in [1.807, 2.05) is 29.2 Å². The fourth-order valence-corrected chi connectivity index (χ4v) is 3.05. The molecule has 1 atom stereocenters. The molecule has 1 aromatic rings. The SMILES string of the molecule is CCCN(C(=O)c1ccccc1NCCC1CCCO1)C(C)C. The van der Waals surface area contributed by atoms with Crippen LogP contribution < -0.4 is 5.32 Å². The molecule has 128 valence electrons. The maximum Gasteiger partial charge on any atom is 0.256 e. The summed E-state index contributed by atoms with van der Waals surface area (Å²) >= 11 is 0. The molecule has 4 heteroatoms. The van der Waals surface area contributed by atoms with Gasteiger partial charge < -0.3 is 15.0 Å². The minimum Gasteiger partial charge on any atom is -0.384 e. The van der Waals surface area contributed by atoms with Gasteiger partial charge in [0.2, 0.25) is 0 Å². The number of benzene rings is 1. The van der Waals surface area contributed by atoms with E-state index < -0.39 is 0 Å². The summed E-state index contributed by atoms with van der Waals surface area (Å²) < 4.78 is 5.66. The summed E-state index contributed by atoms with van der Waals surface area (Å²) in [5.41, 5.74) is 1.69. The van der Waals surface area contributed by atoms with Crippen molar-refractivity contribution in [3.8, 4) is 0 Å². The summed E-state index contributed by atoms with van der Waals surface area (Å²) in [4.78, 5) is 14.8. The molecule has 1 saturated heterocycles. The summed E-state index contributed by atoms with van der Waals surface area (Å²) in [7, 11) is 0. The van der Waals surface area contributed by atoms with Crippen LogP contribution in [0.4, 0.5) is 5.69 Å². The lowest BCUT2D eigenvalue weighted by Gasteiger charge is -2.27.